The van der Waals surface area contributed by atoms with Crippen molar-refractivity contribution >= 4 is 11.7 Å². The van der Waals surface area contributed by atoms with Gasteiger partial charge in [-0.3, -0.25) is 0 Å². The second-order valence-corrected chi connectivity index (χ2v) is 6.26. The third kappa shape index (κ3) is 4.39. The SMILES string of the molecule is C#C[C@H](NC(=O)Nc1ccc(F)cc1OCC1CC1)[C@H]1CCOC1. The third-order valence-electron chi connectivity index (χ3n) is 4.27. The van der Waals surface area contributed by atoms with E-state index in [1.54, 1.807) is 0 Å². The molecule has 1 aromatic rings. The number of carbonyl (C=O) groups excluding carboxylic acids is 1. The lowest BCUT2D eigenvalue weighted by Crippen LogP contribution is -2.42. The summed E-state index contributed by atoms with van der Waals surface area (Å²) in [5, 5.41) is 5.45. The second-order valence-electron chi connectivity index (χ2n) is 6.26. The number of nitrogens with one attached hydrogen (secondary N) is 2. The lowest BCUT2D eigenvalue weighted by Gasteiger charge is -2.19. The molecule has 2 amide bonds. The van der Waals surface area contributed by atoms with Crippen molar-refractivity contribution in [1.29, 1.82) is 0 Å². The molecule has 1 saturated carbocycles. The molecule has 0 bridgehead atoms. The zero-order valence-electron chi connectivity index (χ0n) is 13.4. The van der Waals surface area contributed by atoms with Gasteiger partial charge in [-0.25, -0.2) is 9.18 Å². The van der Waals surface area contributed by atoms with Gasteiger partial charge in [0.1, 0.15) is 11.6 Å². The van der Waals surface area contributed by atoms with Crippen molar-refractivity contribution in [1.82, 2.24) is 5.32 Å². The van der Waals surface area contributed by atoms with Crippen molar-refractivity contribution in [3.63, 3.8) is 0 Å². The van der Waals surface area contributed by atoms with E-state index in [2.05, 4.69) is 16.6 Å². The summed E-state index contributed by atoms with van der Waals surface area (Å²) < 4.78 is 24.4. The highest BCUT2D eigenvalue weighted by molar-refractivity contribution is 5.91. The molecule has 24 heavy (non-hydrogen) atoms. The summed E-state index contributed by atoms with van der Waals surface area (Å²) in [6.45, 7) is 1.73. The predicted molar refractivity (Wildman–Crippen MR) is 88.3 cm³/mol. The molecular weight excluding hydrogens is 311 g/mol. The Labute approximate surface area is 140 Å². The van der Waals surface area contributed by atoms with Crippen molar-refractivity contribution in [3.05, 3.63) is 24.0 Å². The quantitative estimate of drug-likeness (QED) is 0.788. The lowest BCUT2D eigenvalue weighted by atomic mass is 10.00. The number of benzene rings is 1. The minimum Gasteiger partial charge on any atom is -0.491 e. The molecule has 3 rings (SSSR count). The van der Waals surface area contributed by atoms with Crippen LogP contribution in [0.1, 0.15) is 19.3 Å². The van der Waals surface area contributed by atoms with E-state index in [1.165, 1.54) is 18.2 Å². The number of anilines is 1. The van der Waals surface area contributed by atoms with E-state index in [-0.39, 0.29) is 5.92 Å². The number of urea groups is 1. The number of ether oxygens (including phenoxy) is 2. The van der Waals surface area contributed by atoms with Gasteiger partial charge in [0.05, 0.1) is 24.9 Å². The first-order valence-corrected chi connectivity index (χ1v) is 8.19. The zero-order valence-corrected chi connectivity index (χ0v) is 13.4. The van der Waals surface area contributed by atoms with Gasteiger partial charge in [0.2, 0.25) is 0 Å². The first-order valence-electron chi connectivity index (χ1n) is 8.19. The van der Waals surface area contributed by atoms with E-state index in [0.29, 0.717) is 37.2 Å². The van der Waals surface area contributed by atoms with Gasteiger partial charge >= 0.3 is 6.03 Å². The van der Waals surface area contributed by atoms with Gasteiger partial charge in [-0.2, -0.15) is 0 Å². The normalized spacial score (nSPS) is 20.9. The van der Waals surface area contributed by atoms with Gasteiger partial charge in [0.25, 0.3) is 0 Å². The first kappa shape index (κ1) is 16.6. The molecular formula is C18H21FN2O3. The minimum atomic E-state index is -0.437. The van der Waals surface area contributed by atoms with Gasteiger partial charge < -0.3 is 20.1 Å². The fraction of sp³-hybridized carbons (Fsp3) is 0.500. The molecule has 2 aliphatic rings. The van der Waals surface area contributed by atoms with Crippen LogP contribution in [0.3, 0.4) is 0 Å². The first-order chi connectivity index (χ1) is 11.7. The van der Waals surface area contributed by atoms with Crippen LogP contribution in [0.2, 0.25) is 0 Å². The molecule has 6 heteroatoms. The standard InChI is InChI=1S/C18H21FN2O3/c1-2-15(13-7-8-23-11-13)20-18(22)21-16-6-5-14(19)9-17(16)24-10-12-3-4-12/h1,5-6,9,12-13,15H,3-4,7-8,10-11H2,(H2,20,21,22)/t13-,15-/m0/s1. The fourth-order valence-electron chi connectivity index (χ4n) is 2.62. The van der Waals surface area contributed by atoms with E-state index in [4.69, 9.17) is 15.9 Å². The van der Waals surface area contributed by atoms with E-state index in [1.807, 2.05) is 0 Å². The van der Waals surface area contributed by atoms with Crippen LogP contribution >= 0.6 is 0 Å². The van der Waals surface area contributed by atoms with Crippen LogP contribution in [0.25, 0.3) is 0 Å². The minimum absolute atomic E-state index is 0.111. The summed E-state index contributed by atoms with van der Waals surface area (Å²) in [5.41, 5.74) is 0.424. The Morgan fingerprint density at radius 2 is 2.29 bits per heavy atom. The third-order valence-corrected chi connectivity index (χ3v) is 4.27. The molecule has 2 fully saturated rings. The molecule has 0 aromatic heterocycles. The fourth-order valence-corrected chi connectivity index (χ4v) is 2.62. The summed E-state index contributed by atoms with van der Waals surface area (Å²) in [7, 11) is 0. The number of rotatable bonds is 6. The largest absolute Gasteiger partial charge is 0.491 e. The van der Waals surface area contributed by atoms with E-state index < -0.39 is 17.9 Å². The Morgan fingerprint density at radius 1 is 1.46 bits per heavy atom. The van der Waals surface area contributed by atoms with Crippen LogP contribution in [0.15, 0.2) is 18.2 Å². The van der Waals surface area contributed by atoms with Gasteiger partial charge in [0, 0.05) is 18.6 Å². The maximum Gasteiger partial charge on any atom is 0.320 e. The molecule has 5 nitrogen and oxygen atoms in total. The second kappa shape index (κ2) is 7.54. The number of amides is 2. The molecule has 1 aliphatic carbocycles. The highest BCUT2D eigenvalue weighted by Crippen LogP contribution is 2.32. The van der Waals surface area contributed by atoms with Crippen LogP contribution in [0.4, 0.5) is 14.9 Å². The van der Waals surface area contributed by atoms with Crippen molar-refractivity contribution in [3.8, 4) is 18.1 Å². The number of hydrogen-bond acceptors (Lipinski definition) is 3. The monoisotopic (exact) mass is 332 g/mol. The van der Waals surface area contributed by atoms with Gasteiger partial charge in [-0.05, 0) is 37.3 Å². The maximum absolute atomic E-state index is 13.4. The maximum atomic E-state index is 13.4. The van der Waals surface area contributed by atoms with Crippen molar-refractivity contribution < 1.29 is 18.7 Å². The molecule has 0 radical (unpaired) electrons. The van der Waals surface area contributed by atoms with Crippen molar-refractivity contribution in [2.75, 3.05) is 25.1 Å². The Hall–Kier alpha value is -2.26. The summed E-state index contributed by atoms with van der Waals surface area (Å²) in [4.78, 5) is 12.2. The number of terminal acetylenes is 1. The Balaban J connectivity index is 1.61. The van der Waals surface area contributed by atoms with Crippen LogP contribution in [-0.4, -0.2) is 31.9 Å². The molecule has 1 aliphatic heterocycles. The molecule has 1 heterocycles. The molecule has 1 aromatic carbocycles. The molecule has 2 atom stereocenters. The summed E-state index contributed by atoms with van der Waals surface area (Å²) in [6.07, 6.45) is 8.59. The number of hydrogen-bond donors (Lipinski definition) is 2. The molecule has 1 saturated heterocycles. The van der Waals surface area contributed by atoms with Crippen molar-refractivity contribution in [2.24, 2.45) is 11.8 Å². The van der Waals surface area contributed by atoms with Gasteiger partial charge in [-0.15, -0.1) is 6.42 Å². The summed E-state index contributed by atoms with van der Waals surface area (Å²) >= 11 is 0. The average Bonchev–Trinajstić information content (AvgIpc) is 3.24. The van der Waals surface area contributed by atoms with Gasteiger partial charge in [-0.1, -0.05) is 5.92 Å². The Kier molecular flexibility index (Phi) is 5.21. The van der Waals surface area contributed by atoms with E-state index >= 15 is 0 Å². The van der Waals surface area contributed by atoms with E-state index in [9.17, 15) is 9.18 Å². The summed E-state index contributed by atoms with van der Waals surface area (Å²) in [5.74, 6) is 3.16. The van der Waals surface area contributed by atoms with Crippen molar-refractivity contribution in [2.45, 2.75) is 25.3 Å². The number of halogens is 1. The lowest BCUT2D eigenvalue weighted by molar-refractivity contribution is 0.181. The Bertz CT molecular complexity index is 634. The molecule has 2 N–H and O–H groups in total. The molecule has 0 unspecified atom stereocenters. The highest BCUT2D eigenvalue weighted by atomic mass is 19.1. The smallest absolute Gasteiger partial charge is 0.320 e. The van der Waals surface area contributed by atoms with Crippen LogP contribution in [0.5, 0.6) is 5.75 Å². The van der Waals surface area contributed by atoms with Crippen LogP contribution in [-0.2, 0) is 4.74 Å². The topological polar surface area (TPSA) is 59.6 Å². The van der Waals surface area contributed by atoms with E-state index in [0.717, 1.165) is 19.3 Å². The molecule has 128 valence electrons. The number of carbonyl (C=O) groups is 1. The Morgan fingerprint density at radius 3 is 2.96 bits per heavy atom. The molecule has 0 spiro atoms. The predicted octanol–water partition coefficient (Wildman–Crippen LogP) is 2.77. The average molecular weight is 332 g/mol. The van der Waals surface area contributed by atoms with Crippen LogP contribution in [0, 0.1) is 30.0 Å². The highest BCUT2D eigenvalue weighted by Gasteiger charge is 2.26. The van der Waals surface area contributed by atoms with Gasteiger partial charge in [0.15, 0.2) is 0 Å². The summed E-state index contributed by atoms with van der Waals surface area (Å²) in [6, 6.07) is 3.21. The van der Waals surface area contributed by atoms with Crippen LogP contribution < -0.4 is 15.4 Å². The zero-order chi connectivity index (χ0) is 16.9.